The summed E-state index contributed by atoms with van der Waals surface area (Å²) in [7, 11) is 0. The number of oxazole rings is 1. The van der Waals surface area contributed by atoms with Gasteiger partial charge in [-0.3, -0.25) is 0 Å². The number of hydrogen-bond acceptors (Lipinski definition) is 5. The summed E-state index contributed by atoms with van der Waals surface area (Å²) in [5.74, 6) is -0.962. The number of carboxylic acid groups (broad SMARTS) is 1. The fourth-order valence-corrected chi connectivity index (χ4v) is 1.97. The standard InChI is InChI=1S/C12H12N2O4/c15-11(16)10-7-14(5-6-17-10)12-13-8-3-1-2-4-9(8)18-12/h1-4,10H,5-7H2,(H,15,16). The van der Waals surface area contributed by atoms with Crippen molar-refractivity contribution >= 4 is 23.1 Å². The van der Waals surface area contributed by atoms with Crippen LogP contribution in [-0.4, -0.2) is 41.9 Å². The second kappa shape index (κ2) is 4.30. The van der Waals surface area contributed by atoms with Crippen molar-refractivity contribution in [2.24, 2.45) is 0 Å². The molecule has 0 aliphatic carbocycles. The van der Waals surface area contributed by atoms with Crippen LogP contribution in [0.1, 0.15) is 0 Å². The molecule has 0 spiro atoms. The van der Waals surface area contributed by atoms with Crippen molar-refractivity contribution in [1.82, 2.24) is 4.98 Å². The zero-order chi connectivity index (χ0) is 12.5. The van der Waals surface area contributed by atoms with Gasteiger partial charge in [0.25, 0.3) is 6.01 Å². The van der Waals surface area contributed by atoms with Crippen LogP contribution in [0.3, 0.4) is 0 Å². The molecule has 6 heteroatoms. The van der Waals surface area contributed by atoms with Crippen molar-refractivity contribution in [3.63, 3.8) is 0 Å². The summed E-state index contributed by atoms with van der Waals surface area (Å²) in [6.45, 7) is 1.19. The number of rotatable bonds is 2. The zero-order valence-electron chi connectivity index (χ0n) is 9.57. The van der Waals surface area contributed by atoms with E-state index in [1.54, 1.807) is 4.90 Å². The Morgan fingerprint density at radius 3 is 3.06 bits per heavy atom. The lowest BCUT2D eigenvalue weighted by molar-refractivity contribution is -0.150. The van der Waals surface area contributed by atoms with Crippen LogP contribution in [0.4, 0.5) is 6.01 Å². The molecule has 1 aromatic carbocycles. The minimum Gasteiger partial charge on any atom is -0.479 e. The molecule has 1 unspecified atom stereocenters. The summed E-state index contributed by atoms with van der Waals surface area (Å²) >= 11 is 0. The van der Waals surface area contributed by atoms with Gasteiger partial charge in [0, 0.05) is 6.54 Å². The molecule has 2 heterocycles. The molecule has 0 bridgehead atoms. The first-order valence-electron chi connectivity index (χ1n) is 5.69. The number of fused-ring (bicyclic) bond motifs is 1. The Balaban J connectivity index is 1.87. The second-order valence-electron chi connectivity index (χ2n) is 4.11. The summed E-state index contributed by atoms with van der Waals surface area (Å²) in [5, 5.41) is 8.94. The van der Waals surface area contributed by atoms with E-state index in [2.05, 4.69) is 4.98 Å². The molecule has 0 radical (unpaired) electrons. The van der Waals surface area contributed by atoms with Crippen LogP contribution in [0.5, 0.6) is 0 Å². The maximum atomic E-state index is 10.9. The number of nitrogens with zero attached hydrogens (tertiary/aromatic N) is 2. The van der Waals surface area contributed by atoms with Gasteiger partial charge in [-0.05, 0) is 12.1 Å². The lowest BCUT2D eigenvalue weighted by Gasteiger charge is -2.29. The molecule has 1 fully saturated rings. The Kier molecular flexibility index (Phi) is 2.64. The predicted molar refractivity (Wildman–Crippen MR) is 63.6 cm³/mol. The van der Waals surface area contributed by atoms with E-state index in [-0.39, 0.29) is 6.54 Å². The molecular formula is C12H12N2O4. The van der Waals surface area contributed by atoms with Crippen molar-refractivity contribution in [3.8, 4) is 0 Å². The summed E-state index contributed by atoms with van der Waals surface area (Å²) in [4.78, 5) is 17.0. The third-order valence-corrected chi connectivity index (χ3v) is 2.90. The van der Waals surface area contributed by atoms with Crippen molar-refractivity contribution in [2.45, 2.75) is 6.10 Å². The van der Waals surface area contributed by atoms with Gasteiger partial charge in [0.1, 0.15) is 5.52 Å². The van der Waals surface area contributed by atoms with Crippen molar-refractivity contribution in [3.05, 3.63) is 24.3 Å². The topological polar surface area (TPSA) is 75.8 Å². The number of aromatic nitrogens is 1. The quantitative estimate of drug-likeness (QED) is 0.858. The highest BCUT2D eigenvalue weighted by Crippen LogP contribution is 2.23. The minimum absolute atomic E-state index is 0.252. The molecule has 1 saturated heterocycles. The van der Waals surface area contributed by atoms with Gasteiger partial charge < -0.3 is 19.2 Å². The van der Waals surface area contributed by atoms with Crippen LogP contribution in [-0.2, 0) is 9.53 Å². The van der Waals surface area contributed by atoms with E-state index in [9.17, 15) is 4.79 Å². The Bertz CT molecular complexity index is 547. The Morgan fingerprint density at radius 1 is 1.44 bits per heavy atom. The first-order valence-corrected chi connectivity index (χ1v) is 5.69. The van der Waals surface area contributed by atoms with Crippen LogP contribution >= 0.6 is 0 Å². The summed E-state index contributed by atoms with van der Waals surface area (Å²) in [5.41, 5.74) is 1.47. The molecule has 0 saturated carbocycles. The SMILES string of the molecule is O=C(O)C1CN(c2nc3ccccc3o2)CCO1. The lowest BCUT2D eigenvalue weighted by atomic mass is 10.3. The van der Waals surface area contributed by atoms with Gasteiger partial charge >= 0.3 is 5.97 Å². The highest BCUT2D eigenvalue weighted by Gasteiger charge is 2.28. The van der Waals surface area contributed by atoms with E-state index in [0.29, 0.717) is 24.7 Å². The van der Waals surface area contributed by atoms with Crippen LogP contribution in [0.15, 0.2) is 28.7 Å². The Morgan fingerprint density at radius 2 is 2.28 bits per heavy atom. The van der Waals surface area contributed by atoms with Gasteiger partial charge in [-0.1, -0.05) is 12.1 Å². The maximum Gasteiger partial charge on any atom is 0.334 e. The second-order valence-corrected chi connectivity index (χ2v) is 4.11. The van der Waals surface area contributed by atoms with Crippen LogP contribution in [0.2, 0.25) is 0 Å². The third-order valence-electron chi connectivity index (χ3n) is 2.90. The molecule has 94 valence electrons. The predicted octanol–water partition coefficient (Wildman–Crippen LogP) is 1.12. The van der Waals surface area contributed by atoms with E-state index in [1.807, 2.05) is 24.3 Å². The zero-order valence-corrected chi connectivity index (χ0v) is 9.57. The Hall–Kier alpha value is -2.08. The van der Waals surface area contributed by atoms with E-state index in [1.165, 1.54) is 0 Å². The molecule has 1 N–H and O–H groups in total. The van der Waals surface area contributed by atoms with Crippen molar-refractivity contribution in [1.29, 1.82) is 0 Å². The van der Waals surface area contributed by atoms with Gasteiger partial charge in [-0.25, -0.2) is 4.79 Å². The number of ether oxygens (including phenoxy) is 1. The van der Waals surface area contributed by atoms with E-state index in [4.69, 9.17) is 14.3 Å². The monoisotopic (exact) mass is 248 g/mol. The normalized spacial score (nSPS) is 20.2. The largest absolute Gasteiger partial charge is 0.479 e. The minimum atomic E-state index is -0.962. The number of para-hydroxylation sites is 2. The average Bonchev–Trinajstić information content (AvgIpc) is 2.82. The van der Waals surface area contributed by atoms with Crippen LogP contribution in [0.25, 0.3) is 11.1 Å². The molecule has 1 aromatic heterocycles. The fourth-order valence-electron chi connectivity index (χ4n) is 1.97. The molecule has 1 aliphatic rings. The summed E-state index contributed by atoms with van der Waals surface area (Å²) in [6.07, 6.45) is -0.825. The first kappa shape index (κ1) is 11.0. The van der Waals surface area contributed by atoms with E-state index < -0.39 is 12.1 Å². The molecule has 18 heavy (non-hydrogen) atoms. The molecule has 2 aromatic rings. The highest BCUT2D eigenvalue weighted by atomic mass is 16.5. The van der Waals surface area contributed by atoms with Gasteiger partial charge in [0.2, 0.25) is 0 Å². The molecule has 1 atom stereocenters. The molecule has 0 amide bonds. The van der Waals surface area contributed by atoms with E-state index >= 15 is 0 Å². The number of anilines is 1. The smallest absolute Gasteiger partial charge is 0.334 e. The lowest BCUT2D eigenvalue weighted by Crippen LogP contribution is -2.46. The molecule has 6 nitrogen and oxygen atoms in total. The molecular weight excluding hydrogens is 236 g/mol. The van der Waals surface area contributed by atoms with E-state index in [0.717, 1.165) is 5.52 Å². The van der Waals surface area contributed by atoms with Crippen molar-refractivity contribution < 1.29 is 19.1 Å². The number of hydrogen-bond donors (Lipinski definition) is 1. The number of morpholine rings is 1. The van der Waals surface area contributed by atoms with Gasteiger partial charge in [0.05, 0.1) is 13.2 Å². The molecule has 1 aliphatic heterocycles. The first-order chi connectivity index (χ1) is 8.74. The molecule has 3 rings (SSSR count). The highest BCUT2D eigenvalue weighted by molar-refractivity contribution is 5.75. The number of benzene rings is 1. The fraction of sp³-hybridized carbons (Fsp3) is 0.333. The summed E-state index contributed by atoms with van der Waals surface area (Å²) in [6, 6.07) is 7.90. The van der Waals surface area contributed by atoms with Gasteiger partial charge in [-0.2, -0.15) is 4.98 Å². The van der Waals surface area contributed by atoms with Gasteiger partial charge in [0.15, 0.2) is 11.7 Å². The van der Waals surface area contributed by atoms with Crippen molar-refractivity contribution in [2.75, 3.05) is 24.6 Å². The van der Waals surface area contributed by atoms with Gasteiger partial charge in [-0.15, -0.1) is 0 Å². The number of carboxylic acids is 1. The van der Waals surface area contributed by atoms with Crippen LogP contribution < -0.4 is 4.90 Å². The summed E-state index contributed by atoms with van der Waals surface area (Å²) < 4.78 is 10.8. The Labute approximate surface area is 103 Å². The number of carbonyl (C=O) groups is 1. The third kappa shape index (κ3) is 1.91. The van der Waals surface area contributed by atoms with Crippen LogP contribution in [0, 0.1) is 0 Å². The number of aliphatic carboxylic acids is 1. The maximum absolute atomic E-state index is 10.9. The average molecular weight is 248 g/mol.